The number of amides is 1. The minimum Gasteiger partial charge on any atom is -0.490 e. The lowest BCUT2D eigenvalue weighted by molar-refractivity contribution is -0.385. The maximum Gasteiger partial charge on any atom is 0.311 e. The molecule has 0 aromatic heterocycles. The van der Waals surface area contributed by atoms with Gasteiger partial charge in [0, 0.05) is 82.9 Å². The van der Waals surface area contributed by atoms with E-state index in [2.05, 4.69) is 54.8 Å². The molecule has 0 bridgehead atoms. The summed E-state index contributed by atoms with van der Waals surface area (Å²) in [6.45, 7) is 12.7. The summed E-state index contributed by atoms with van der Waals surface area (Å²) < 4.78 is 11.2. The highest BCUT2D eigenvalue weighted by atomic mass is 16.6. The van der Waals surface area contributed by atoms with E-state index in [1.165, 1.54) is 24.4 Å². The zero-order valence-corrected chi connectivity index (χ0v) is 23.0. The van der Waals surface area contributed by atoms with Crippen molar-refractivity contribution in [3.8, 4) is 11.5 Å². The SMILES string of the molecule is COc1cc(OC2CCN(C(=O)CCN3CCN(c4ccc(C(C)(C)C)cc4)CC3)CC2)ccc1[N+](=O)[O-]. The topological polar surface area (TPSA) is 88.4 Å². The number of piperidine rings is 1. The highest BCUT2D eigenvalue weighted by Crippen LogP contribution is 2.32. The standard InChI is InChI=1S/C29H40N4O5/c1-29(2,3)22-5-7-23(8-6-22)31-19-17-30(18-20-31)14-13-28(34)32-15-11-24(12-16-32)38-25-9-10-26(33(35)36)27(21-25)37-4/h5-10,21,24H,11-20H2,1-4H3. The predicted octanol–water partition coefficient (Wildman–Crippen LogP) is 4.48. The van der Waals surface area contributed by atoms with E-state index in [1.807, 2.05) is 4.90 Å². The van der Waals surface area contributed by atoms with Gasteiger partial charge in [-0.1, -0.05) is 32.9 Å². The van der Waals surface area contributed by atoms with E-state index < -0.39 is 4.92 Å². The Kier molecular flexibility index (Phi) is 8.76. The number of nitro benzene ring substituents is 1. The first kappa shape index (κ1) is 27.7. The maximum absolute atomic E-state index is 12.9. The van der Waals surface area contributed by atoms with E-state index >= 15 is 0 Å². The van der Waals surface area contributed by atoms with E-state index in [4.69, 9.17) is 9.47 Å². The minimum absolute atomic E-state index is 0.0317. The van der Waals surface area contributed by atoms with Crippen molar-refractivity contribution in [3.63, 3.8) is 0 Å². The third-order valence-corrected chi connectivity index (χ3v) is 7.56. The highest BCUT2D eigenvalue weighted by molar-refractivity contribution is 5.76. The van der Waals surface area contributed by atoms with E-state index in [1.54, 1.807) is 12.1 Å². The summed E-state index contributed by atoms with van der Waals surface area (Å²) in [6, 6.07) is 13.5. The highest BCUT2D eigenvalue weighted by Gasteiger charge is 2.26. The van der Waals surface area contributed by atoms with Gasteiger partial charge in [-0.15, -0.1) is 0 Å². The van der Waals surface area contributed by atoms with Crippen LogP contribution in [0, 0.1) is 10.1 Å². The van der Waals surface area contributed by atoms with Gasteiger partial charge < -0.3 is 19.3 Å². The Morgan fingerprint density at radius 1 is 1.00 bits per heavy atom. The summed E-state index contributed by atoms with van der Waals surface area (Å²) in [5.41, 5.74) is 2.69. The number of hydrogen-bond acceptors (Lipinski definition) is 7. The first-order valence-electron chi connectivity index (χ1n) is 13.5. The summed E-state index contributed by atoms with van der Waals surface area (Å²) in [5, 5.41) is 11.1. The first-order valence-corrected chi connectivity index (χ1v) is 13.5. The number of methoxy groups -OCH3 is 1. The van der Waals surface area contributed by atoms with Crippen LogP contribution in [0.15, 0.2) is 42.5 Å². The fourth-order valence-electron chi connectivity index (χ4n) is 5.11. The number of nitrogens with zero attached hydrogens (tertiary/aromatic N) is 4. The lowest BCUT2D eigenvalue weighted by Crippen LogP contribution is -2.48. The molecule has 2 fully saturated rings. The molecule has 2 aromatic carbocycles. The number of rotatable bonds is 8. The Hall–Kier alpha value is -3.33. The van der Waals surface area contributed by atoms with Gasteiger partial charge in [0.2, 0.25) is 11.7 Å². The van der Waals surface area contributed by atoms with Crippen LogP contribution in [0.3, 0.4) is 0 Å². The van der Waals surface area contributed by atoms with Crippen molar-refractivity contribution in [3.05, 3.63) is 58.1 Å². The van der Waals surface area contributed by atoms with E-state index in [0.29, 0.717) is 25.3 Å². The Morgan fingerprint density at radius 2 is 1.66 bits per heavy atom. The number of carbonyl (C=O) groups excluding carboxylic acids is 1. The van der Waals surface area contributed by atoms with Gasteiger partial charge in [-0.2, -0.15) is 0 Å². The molecule has 2 aliphatic heterocycles. The summed E-state index contributed by atoms with van der Waals surface area (Å²) in [6.07, 6.45) is 1.97. The molecular weight excluding hydrogens is 484 g/mol. The lowest BCUT2D eigenvalue weighted by atomic mass is 9.87. The fraction of sp³-hybridized carbons (Fsp3) is 0.552. The molecule has 0 radical (unpaired) electrons. The van der Waals surface area contributed by atoms with E-state index in [9.17, 15) is 14.9 Å². The van der Waals surface area contributed by atoms with Crippen LogP contribution in [0.5, 0.6) is 11.5 Å². The van der Waals surface area contributed by atoms with E-state index in [-0.39, 0.29) is 28.9 Å². The molecule has 0 atom stereocenters. The molecule has 2 aliphatic rings. The molecule has 9 nitrogen and oxygen atoms in total. The quantitative estimate of drug-likeness (QED) is 0.372. The molecule has 2 saturated heterocycles. The number of likely N-dealkylation sites (tertiary alicyclic amines) is 1. The van der Waals surface area contributed by atoms with Gasteiger partial charge in [-0.05, 0) is 29.2 Å². The zero-order chi connectivity index (χ0) is 27.3. The number of hydrogen-bond donors (Lipinski definition) is 0. The van der Waals surface area contributed by atoms with Crippen LogP contribution in [0.4, 0.5) is 11.4 Å². The Balaban J connectivity index is 1.17. The van der Waals surface area contributed by atoms with Crippen LogP contribution in [-0.4, -0.2) is 79.7 Å². The number of carbonyl (C=O) groups is 1. The van der Waals surface area contributed by atoms with Crippen LogP contribution in [-0.2, 0) is 10.2 Å². The second-order valence-electron chi connectivity index (χ2n) is 11.2. The van der Waals surface area contributed by atoms with Crippen molar-refractivity contribution in [2.75, 3.05) is 57.8 Å². The minimum atomic E-state index is -0.474. The number of benzene rings is 2. The lowest BCUT2D eigenvalue weighted by Gasteiger charge is -2.37. The van der Waals surface area contributed by atoms with Gasteiger partial charge in [0.05, 0.1) is 12.0 Å². The van der Waals surface area contributed by atoms with Crippen molar-refractivity contribution in [2.45, 2.75) is 51.6 Å². The maximum atomic E-state index is 12.9. The largest absolute Gasteiger partial charge is 0.490 e. The summed E-state index contributed by atoms with van der Waals surface area (Å²) >= 11 is 0. The molecule has 206 valence electrons. The van der Waals surface area contributed by atoms with Gasteiger partial charge in [-0.25, -0.2) is 0 Å². The number of piperazine rings is 1. The molecule has 2 aromatic rings. The average Bonchev–Trinajstić information content (AvgIpc) is 2.92. The zero-order valence-electron chi connectivity index (χ0n) is 23.0. The molecule has 1 amide bonds. The van der Waals surface area contributed by atoms with Crippen molar-refractivity contribution in [1.29, 1.82) is 0 Å². The Bertz CT molecular complexity index is 1100. The Labute approximate surface area is 225 Å². The summed E-state index contributed by atoms with van der Waals surface area (Å²) in [7, 11) is 1.40. The number of ether oxygens (including phenoxy) is 2. The number of nitro groups is 1. The molecular formula is C29H40N4O5. The van der Waals surface area contributed by atoms with Gasteiger partial charge >= 0.3 is 5.69 Å². The van der Waals surface area contributed by atoms with E-state index in [0.717, 1.165) is 45.6 Å². The smallest absolute Gasteiger partial charge is 0.311 e. The van der Waals surface area contributed by atoms with Gasteiger partial charge in [-0.3, -0.25) is 19.8 Å². The molecule has 0 N–H and O–H groups in total. The molecule has 0 unspecified atom stereocenters. The molecule has 9 heteroatoms. The molecule has 0 saturated carbocycles. The third-order valence-electron chi connectivity index (χ3n) is 7.56. The van der Waals surface area contributed by atoms with Crippen molar-refractivity contribution in [2.24, 2.45) is 0 Å². The van der Waals surface area contributed by atoms with Crippen LogP contribution >= 0.6 is 0 Å². The van der Waals surface area contributed by atoms with Gasteiger partial charge in [0.25, 0.3) is 0 Å². The molecule has 0 aliphatic carbocycles. The van der Waals surface area contributed by atoms with Crippen LogP contribution in [0.1, 0.15) is 45.6 Å². The Morgan fingerprint density at radius 3 is 2.24 bits per heavy atom. The van der Waals surface area contributed by atoms with Crippen LogP contribution in [0.2, 0.25) is 0 Å². The van der Waals surface area contributed by atoms with Crippen molar-refractivity contribution >= 4 is 17.3 Å². The monoisotopic (exact) mass is 524 g/mol. The van der Waals surface area contributed by atoms with Crippen LogP contribution < -0.4 is 14.4 Å². The first-order chi connectivity index (χ1) is 18.1. The third kappa shape index (κ3) is 6.95. The van der Waals surface area contributed by atoms with Gasteiger partial charge in [0.1, 0.15) is 11.9 Å². The van der Waals surface area contributed by atoms with Crippen LogP contribution in [0.25, 0.3) is 0 Å². The second-order valence-corrected chi connectivity index (χ2v) is 11.2. The molecule has 2 heterocycles. The van der Waals surface area contributed by atoms with Gasteiger partial charge in [0.15, 0.2) is 0 Å². The molecule has 4 rings (SSSR count). The predicted molar refractivity (Wildman–Crippen MR) is 148 cm³/mol. The second kappa shape index (κ2) is 12.0. The summed E-state index contributed by atoms with van der Waals surface area (Å²) in [5.74, 6) is 0.918. The normalized spacial score (nSPS) is 17.4. The molecule has 0 spiro atoms. The molecule has 38 heavy (non-hydrogen) atoms. The number of anilines is 1. The van der Waals surface area contributed by atoms with Crippen molar-refractivity contribution < 1.29 is 19.2 Å². The van der Waals surface area contributed by atoms with Crippen molar-refractivity contribution in [1.82, 2.24) is 9.80 Å². The fourth-order valence-corrected chi connectivity index (χ4v) is 5.11. The average molecular weight is 525 g/mol. The summed E-state index contributed by atoms with van der Waals surface area (Å²) in [4.78, 5) is 30.2.